The van der Waals surface area contributed by atoms with Crippen molar-refractivity contribution >= 4 is 33.6 Å². The monoisotopic (exact) mass is 353 g/mol. The molecule has 0 aliphatic carbocycles. The van der Waals surface area contributed by atoms with Crippen LogP contribution in [0.1, 0.15) is 23.0 Å². The van der Waals surface area contributed by atoms with Crippen molar-refractivity contribution in [1.82, 2.24) is 4.90 Å². The molecule has 0 spiro atoms. The first kappa shape index (κ1) is 16.6. The Balaban J connectivity index is 1.76. The van der Waals surface area contributed by atoms with Gasteiger partial charge in [-0.2, -0.15) is 0 Å². The van der Waals surface area contributed by atoms with Gasteiger partial charge in [-0.15, -0.1) is 0 Å². The highest BCUT2D eigenvalue weighted by Crippen LogP contribution is 2.32. The Morgan fingerprint density at radius 2 is 1.88 bits per heavy atom. The molecule has 2 heterocycles. The van der Waals surface area contributed by atoms with E-state index in [2.05, 4.69) is 0 Å². The van der Waals surface area contributed by atoms with E-state index in [1.54, 1.807) is 6.92 Å². The van der Waals surface area contributed by atoms with Gasteiger partial charge in [-0.3, -0.25) is 4.79 Å². The van der Waals surface area contributed by atoms with E-state index in [9.17, 15) is 14.7 Å². The molecule has 1 saturated heterocycles. The molecule has 3 aromatic rings. The van der Waals surface area contributed by atoms with E-state index in [1.807, 2.05) is 43.3 Å². The van der Waals surface area contributed by atoms with Gasteiger partial charge in [-0.1, -0.05) is 36.4 Å². The molecule has 0 bridgehead atoms. The maximum Gasteiger partial charge on any atom is 0.334 e. The number of furan rings is 1. The SMILES string of the molecule is Cc1c(C(=O)N2CC(C(=O)O)O[C@H](C)C2)oc2c1ccc1ccccc12. The molecule has 0 saturated carbocycles. The van der Waals surface area contributed by atoms with Gasteiger partial charge in [0.15, 0.2) is 11.9 Å². The normalized spacial score (nSPS) is 20.6. The lowest BCUT2D eigenvalue weighted by Crippen LogP contribution is -2.51. The number of carbonyl (C=O) groups excluding carboxylic acids is 1. The van der Waals surface area contributed by atoms with E-state index >= 15 is 0 Å². The molecule has 1 fully saturated rings. The van der Waals surface area contributed by atoms with Crippen LogP contribution in [0, 0.1) is 6.92 Å². The van der Waals surface area contributed by atoms with Crippen LogP contribution in [0.15, 0.2) is 40.8 Å². The number of hydrogen-bond donors (Lipinski definition) is 1. The highest BCUT2D eigenvalue weighted by atomic mass is 16.5. The second kappa shape index (κ2) is 6.14. The van der Waals surface area contributed by atoms with E-state index in [-0.39, 0.29) is 24.3 Å². The summed E-state index contributed by atoms with van der Waals surface area (Å²) < 4.78 is 11.4. The average Bonchev–Trinajstić information content (AvgIpc) is 2.97. The first-order valence-corrected chi connectivity index (χ1v) is 8.54. The number of morpholine rings is 1. The third-order valence-electron chi connectivity index (χ3n) is 4.85. The number of fused-ring (bicyclic) bond motifs is 3. The van der Waals surface area contributed by atoms with Crippen LogP contribution in [0.5, 0.6) is 0 Å². The molecule has 1 amide bonds. The molecule has 1 aliphatic rings. The summed E-state index contributed by atoms with van der Waals surface area (Å²) in [7, 11) is 0. The number of hydrogen-bond acceptors (Lipinski definition) is 4. The van der Waals surface area contributed by atoms with Crippen LogP contribution in [0.4, 0.5) is 0 Å². The Kier molecular flexibility index (Phi) is 3.92. The average molecular weight is 353 g/mol. The Bertz CT molecular complexity index is 1020. The fourth-order valence-corrected chi connectivity index (χ4v) is 3.55. The van der Waals surface area contributed by atoms with Crippen LogP contribution in [0.2, 0.25) is 0 Å². The van der Waals surface area contributed by atoms with Crippen LogP contribution in [0.3, 0.4) is 0 Å². The van der Waals surface area contributed by atoms with Crippen molar-refractivity contribution < 1.29 is 23.8 Å². The molecule has 2 aromatic carbocycles. The van der Waals surface area contributed by atoms with E-state index < -0.39 is 12.1 Å². The second-order valence-electron chi connectivity index (χ2n) is 6.70. The van der Waals surface area contributed by atoms with Crippen molar-refractivity contribution in [2.75, 3.05) is 13.1 Å². The minimum Gasteiger partial charge on any atom is -0.479 e. The highest BCUT2D eigenvalue weighted by molar-refractivity contribution is 6.08. The zero-order valence-corrected chi connectivity index (χ0v) is 14.6. The first-order chi connectivity index (χ1) is 12.5. The molecule has 134 valence electrons. The number of aryl methyl sites for hydroxylation is 1. The number of carboxylic acids is 1. The van der Waals surface area contributed by atoms with Crippen LogP contribution in [-0.4, -0.2) is 47.2 Å². The number of benzene rings is 2. The number of nitrogens with zero attached hydrogens (tertiary/aromatic N) is 1. The standard InChI is InChI=1S/C20H19NO5/c1-11-9-21(10-16(25-11)20(23)24)19(22)17-12(2)14-8-7-13-5-3-4-6-15(13)18(14)26-17/h3-8,11,16H,9-10H2,1-2H3,(H,23,24)/t11-,16?/m1/s1. The van der Waals surface area contributed by atoms with E-state index in [4.69, 9.17) is 9.15 Å². The van der Waals surface area contributed by atoms with Crippen molar-refractivity contribution in [1.29, 1.82) is 0 Å². The minimum atomic E-state index is -1.07. The van der Waals surface area contributed by atoms with Crippen LogP contribution < -0.4 is 0 Å². The maximum absolute atomic E-state index is 13.0. The number of carboxylic acid groups (broad SMARTS) is 1. The Hall–Kier alpha value is -2.86. The van der Waals surface area contributed by atoms with Gasteiger partial charge < -0.3 is 19.2 Å². The third kappa shape index (κ3) is 2.63. The van der Waals surface area contributed by atoms with E-state index in [0.717, 1.165) is 21.7 Å². The van der Waals surface area contributed by atoms with E-state index in [0.29, 0.717) is 12.1 Å². The molecule has 6 nitrogen and oxygen atoms in total. The molecule has 1 aromatic heterocycles. The summed E-state index contributed by atoms with van der Waals surface area (Å²) >= 11 is 0. The van der Waals surface area contributed by atoms with E-state index in [1.165, 1.54) is 4.90 Å². The molecule has 26 heavy (non-hydrogen) atoms. The van der Waals surface area contributed by atoms with Crippen LogP contribution in [0.25, 0.3) is 21.7 Å². The number of amides is 1. The van der Waals surface area contributed by atoms with Gasteiger partial charge in [-0.05, 0) is 19.2 Å². The predicted molar refractivity (Wildman–Crippen MR) is 96.3 cm³/mol. The number of rotatable bonds is 2. The van der Waals surface area contributed by atoms with Crippen molar-refractivity contribution in [2.45, 2.75) is 26.1 Å². The third-order valence-corrected chi connectivity index (χ3v) is 4.85. The van der Waals surface area contributed by atoms with Gasteiger partial charge in [0.05, 0.1) is 12.6 Å². The van der Waals surface area contributed by atoms with Gasteiger partial charge >= 0.3 is 5.97 Å². The summed E-state index contributed by atoms with van der Waals surface area (Å²) in [6.07, 6.45) is -1.37. The number of aliphatic carboxylic acids is 1. The quantitative estimate of drug-likeness (QED) is 0.765. The van der Waals surface area contributed by atoms with Crippen molar-refractivity contribution in [3.05, 3.63) is 47.7 Å². The first-order valence-electron chi connectivity index (χ1n) is 8.54. The largest absolute Gasteiger partial charge is 0.479 e. The van der Waals surface area contributed by atoms with Crippen LogP contribution in [-0.2, 0) is 9.53 Å². The summed E-state index contributed by atoms with van der Waals surface area (Å²) in [5.74, 6) is -1.11. The lowest BCUT2D eigenvalue weighted by molar-refractivity contribution is -0.160. The summed E-state index contributed by atoms with van der Waals surface area (Å²) in [4.78, 5) is 25.8. The van der Waals surface area contributed by atoms with Gasteiger partial charge in [0.1, 0.15) is 5.58 Å². The summed E-state index contributed by atoms with van der Waals surface area (Å²) in [6, 6.07) is 11.8. The van der Waals surface area contributed by atoms with Crippen LogP contribution >= 0.6 is 0 Å². The zero-order chi connectivity index (χ0) is 18.4. The number of carbonyl (C=O) groups is 2. The molecule has 0 radical (unpaired) electrons. The Morgan fingerprint density at radius 3 is 2.65 bits per heavy atom. The highest BCUT2D eigenvalue weighted by Gasteiger charge is 2.35. The molecular weight excluding hydrogens is 334 g/mol. The van der Waals surface area contributed by atoms with Crippen molar-refractivity contribution in [2.24, 2.45) is 0 Å². The minimum absolute atomic E-state index is 0.00966. The predicted octanol–water partition coefficient (Wildman–Crippen LogP) is 3.21. The van der Waals surface area contributed by atoms with Gasteiger partial charge in [0.25, 0.3) is 5.91 Å². The Labute approximate surface area is 149 Å². The molecular formula is C20H19NO5. The topological polar surface area (TPSA) is 80.0 Å². The van der Waals surface area contributed by atoms with Crippen molar-refractivity contribution in [3.8, 4) is 0 Å². The molecule has 6 heteroatoms. The molecule has 1 N–H and O–H groups in total. The molecule has 2 atom stereocenters. The molecule has 4 rings (SSSR count). The van der Waals surface area contributed by atoms with Gasteiger partial charge in [0, 0.05) is 22.9 Å². The van der Waals surface area contributed by atoms with Gasteiger partial charge in [0.2, 0.25) is 0 Å². The fourth-order valence-electron chi connectivity index (χ4n) is 3.55. The van der Waals surface area contributed by atoms with Crippen molar-refractivity contribution in [3.63, 3.8) is 0 Å². The number of ether oxygens (including phenoxy) is 1. The summed E-state index contributed by atoms with van der Waals surface area (Å²) in [6.45, 7) is 3.95. The zero-order valence-electron chi connectivity index (χ0n) is 14.6. The second-order valence-corrected chi connectivity index (χ2v) is 6.70. The Morgan fingerprint density at radius 1 is 1.12 bits per heavy atom. The smallest absolute Gasteiger partial charge is 0.334 e. The molecule has 1 unspecified atom stereocenters. The summed E-state index contributed by atoms with van der Waals surface area (Å²) in [5, 5.41) is 12.1. The lowest BCUT2D eigenvalue weighted by Gasteiger charge is -2.34. The fraction of sp³-hybridized carbons (Fsp3) is 0.300. The van der Waals surface area contributed by atoms with Gasteiger partial charge in [-0.25, -0.2) is 4.79 Å². The molecule has 1 aliphatic heterocycles. The lowest BCUT2D eigenvalue weighted by atomic mass is 10.1. The maximum atomic E-state index is 13.0. The summed E-state index contributed by atoms with van der Waals surface area (Å²) in [5.41, 5.74) is 1.45.